The molecule has 1 aromatic carbocycles. The molecule has 0 spiro atoms. The Kier molecular flexibility index (Phi) is 10.3. The van der Waals surface area contributed by atoms with E-state index in [2.05, 4.69) is 54.5 Å². The summed E-state index contributed by atoms with van der Waals surface area (Å²) in [6.45, 7) is 18.2. The number of carbonyl (C=O) groups is 1. The molecule has 11 atom stereocenters. The van der Waals surface area contributed by atoms with Gasteiger partial charge in [0.2, 0.25) is 0 Å². The van der Waals surface area contributed by atoms with Gasteiger partial charge in [0.25, 0.3) is 10.1 Å². The number of rotatable bonds is 11. The minimum absolute atomic E-state index is 0.0219. The summed E-state index contributed by atoms with van der Waals surface area (Å²) in [5.41, 5.74) is 1.46. The summed E-state index contributed by atoms with van der Waals surface area (Å²) >= 11 is 0. The summed E-state index contributed by atoms with van der Waals surface area (Å²) in [7, 11) is -1.78. The topological polar surface area (TPSA) is 97.4 Å². The predicted molar refractivity (Wildman–Crippen MR) is 194 cm³/mol. The number of esters is 1. The molecule has 0 radical (unpaired) electrons. The van der Waals surface area contributed by atoms with Gasteiger partial charge in [-0.05, 0) is 84.0 Å². The second-order valence-corrected chi connectivity index (χ2v) is 19.5. The Labute approximate surface area is 301 Å². The maximum atomic E-state index is 14.7. The lowest BCUT2D eigenvalue weighted by molar-refractivity contribution is -0.267. The second-order valence-electron chi connectivity index (χ2n) is 17.9. The molecule has 1 heterocycles. The van der Waals surface area contributed by atoms with Crippen LogP contribution in [0.2, 0.25) is 0 Å². The van der Waals surface area contributed by atoms with E-state index in [1.165, 1.54) is 5.57 Å². The first-order valence-electron chi connectivity index (χ1n) is 18.9. The third-order valence-electron chi connectivity index (χ3n) is 15.3. The highest BCUT2D eigenvalue weighted by Crippen LogP contribution is 2.75. The van der Waals surface area contributed by atoms with Gasteiger partial charge in [-0.1, -0.05) is 90.4 Å². The second kappa shape index (κ2) is 13.6. The third kappa shape index (κ3) is 6.03. The third-order valence-corrected chi connectivity index (χ3v) is 15.9. The van der Waals surface area contributed by atoms with E-state index in [0.717, 1.165) is 50.3 Å². The SMILES string of the molecule is CO[C@@H]1C[C@@]23COCC(C)([C@H]1OCCOS(C)(=O)=O)[C@@H]2CC[C@H]1C3=CC[C@@]2(C)[C@H](C(=O)OCc3ccccc3)[C@@](C)([C@H](C)C(C)C)CC[C@]12C. The van der Waals surface area contributed by atoms with Crippen LogP contribution in [0.1, 0.15) is 92.6 Å². The van der Waals surface area contributed by atoms with Crippen molar-refractivity contribution < 1.29 is 36.3 Å². The molecule has 1 aromatic rings. The molecule has 4 fully saturated rings. The van der Waals surface area contributed by atoms with E-state index in [9.17, 15) is 13.2 Å². The highest BCUT2D eigenvalue weighted by Gasteiger charge is 2.72. The largest absolute Gasteiger partial charge is 0.461 e. The van der Waals surface area contributed by atoms with Crippen LogP contribution in [-0.4, -0.2) is 66.4 Å². The van der Waals surface area contributed by atoms with Crippen molar-refractivity contribution in [2.45, 2.75) is 106 Å². The molecule has 2 bridgehead atoms. The van der Waals surface area contributed by atoms with Crippen LogP contribution in [0.5, 0.6) is 0 Å². The van der Waals surface area contributed by atoms with E-state index in [0.29, 0.717) is 43.5 Å². The van der Waals surface area contributed by atoms with Crippen molar-refractivity contribution in [3.05, 3.63) is 47.5 Å². The first-order valence-corrected chi connectivity index (χ1v) is 20.8. The number of methoxy groups -OCH3 is 1. The van der Waals surface area contributed by atoms with Gasteiger partial charge in [0.1, 0.15) is 6.61 Å². The lowest BCUT2D eigenvalue weighted by Crippen LogP contribution is -2.70. The molecule has 50 heavy (non-hydrogen) atoms. The van der Waals surface area contributed by atoms with E-state index < -0.39 is 10.1 Å². The van der Waals surface area contributed by atoms with E-state index in [1.807, 2.05) is 30.3 Å². The fourth-order valence-electron chi connectivity index (χ4n) is 12.2. The summed E-state index contributed by atoms with van der Waals surface area (Å²) < 4.78 is 53.8. The number of ether oxygens (including phenoxy) is 4. The number of benzene rings is 1. The van der Waals surface area contributed by atoms with Crippen molar-refractivity contribution in [2.24, 2.45) is 56.7 Å². The number of carbonyl (C=O) groups excluding carboxylic acids is 1. The fraction of sp³-hybridized carbons (Fsp3) is 0.780. The van der Waals surface area contributed by atoms with Gasteiger partial charge in [0.05, 0.1) is 50.8 Å². The van der Waals surface area contributed by atoms with E-state index >= 15 is 0 Å². The van der Waals surface area contributed by atoms with Crippen LogP contribution in [0.4, 0.5) is 0 Å². The Bertz CT molecular complexity index is 1540. The molecule has 1 unspecified atom stereocenters. The number of fused-ring (bicyclic) bond motifs is 3. The fourth-order valence-corrected chi connectivity index (χ4v) is 12.6. The van der Waals surface area contributed by atoms with Gasteiger partial charge in [-0.3, -0.25) is 8.98 Å². The lowest BCUT2D eigenvalue weighted by atomic mass is 9.34. The van der Waals surface area contributed by atoms with Gasteiger partial charge >= 0.3 is 5.97 Å². The Morgan fingerprint density at radius 2 is 1.70 bits per heavy atom. The zero-order valence-corrected chi connectivity index (χ0v) is 32.8. The van der Waals surface area contributed by atoms with Crippen molar-refractivity contribution in [1.29, 1.82) is 0 Å². The van der Waals surface area contributed by atoms with Crippen molar-refractivity contribution in [3.8, 4) is 0 Å². The smallest absolute Gasteiger partial charge is 0.310 e. The first-order chi connectivity index (χ1) is 23.5. The molecular formula is C41H62O8S. The number of hydrogen-bond donors (Lipinski definition) is 0. The maximum Gasteiger partial charge on any atom is 0.310 e. The van der Waals surface area contributed by atoms with Crippen LogP contribution in [0.3, 0.4) is 0 Å². The van der Waals surface area contributed by atoms with Crippen LogP contribution in [0.15, 0.2) is 42.0 Å². The van der Waals surface area contributed by atoms with Crippen molar-refractivity contribution in [1.82, 2.24) is 0 Å². The Hall–Kier alpha value is -1.78. The van der Waals surface area contributed by atoms with Gasteiger partial charge in [0, 0.05) is 17.9 Å². The minimum atomic E-state index is -3.55. The average Bonchev–Trinajstić information content (AvgIpc) is 3.06. The molecule has 280 valence electrons. The highest BCUT2D eigenvalue weighted by molar-refractivity contribution is 7.85. The highest BCUT2D eigenvalue weighted by atomic mass is 32.2. The van der Waals surface area contributed by atoms with Crippen molar-refractivity contribution in [3.63, 3.8) is 0 Å². The monoisotopic (exact) mass is 714 g/mol. The quantitative estimate of drug-likeness (QED) is 0.100. The Morgan fingerprint density at radius 3 is 2.36 bits per heavy atom. The van der Waals surface area contributed by atoms with E-state index in [1.54, 1.807) is 7.11 Å². The molecule has 8 nitrogen and oxygen atoms in total. The van der Waals surface area contributed by atoms with Crippen molar-refractivity contribution in [2.75, 3.05) is 39.8 Å². The van der Waals surface area contributed by atoms with Crippen LogP contribution in [-0.2, 0) is 44.7 Å². The summed E-state index contributed by atoms with van der Waals surface area (Å²) in [6, 6.07) is 10.0. The molecule has 3 saturated carbocycles. The summed E-state index contributed by atoms with van der Waals surface area (Å²) in [6.07, 6.45) is 8.97. The van der Waals surface area contributed by atoms with Crippen LogP contribution >= 0.6 is 0 Å². The maximum absolute atomic E-state index is 14.7. The van der Waals surface area contributed by atoms with Crippen LogP contribution < -0.4 is 0 Å². The minimum Gasteiger partial charge on any atom is -0.461 e. The zero-order chi connectivity index (χ0) is 36.3. The van der Waals surface area contributed by atoms with Crippen LogP contribution in [0, 0.1) is 56.7 Å². The summed E-state index contributed by atoms with van der Waals surface area (Å²) in [5.74, 6) is 1.18. The molecule has 0 amide bonds. The lowest BCUT2D eigenvalue weighted by Gasteiger charge is -2.71. The molecular weight excluding hydrogens is 653 g/mol. The predicted octanol–water partition coefficient (Wildman–Crippen LogP) is 7.61. The number of allylic oxidation sites excluding steroid dienone is 1. The summed E-state index contributed by atoms with van der Waals surface area (Å²) in [4.78, 5) is 14.7. The Balaban J connectivity index is 1.35. The van der Waals surface area contributed by atoms with Gasteiger partial charge in [-0.25, -0.2) is 0 Å². The molecule has 1 saturated heterocycles. The summed E-state index contributed by atoms with van der Waals surface area (Å²) in [5, 5.41) is 0. The van der Waals surface area contributed by atoms with Gasteiger partial charge in [0.15, 0.2) is 0 Å². The van der Waals surface area contributed by atoms with Gasteiger partial charge in [-0.15, -0.1) is 0 Å². The normalized spacial score (nSPS) is 41.7. The molecule has 9 heteroatoms. The van der Waals surface area contributed by atoms with Gasteiger partial charge in [-0.2, -0.15) is 8.42 Å². The van der Waals surface area contributed by atoms with Crippen LogP contribution in [0.25, 0.3) is 0 Å². The molecule has 0 aromatic heterocycles. The van der Waals surface area contributed by atoms with Crippen molar-refractivity contribution >= 4 is 16.1 Å². The average molecular weight is 715 g/mol. The van der Waals surface area contributed by atoms with E-state index in [4.69, 9.17) is 23.1 Å². The van der Waals surface area contributed by atoms with E-state index in [-0.39, 0.29) is 64.4 Å². The van der Waals surface area contributed by atoms with Gasteiger partial charge < -0.3 is 18.9 Å². The number of hydrogen-bond acceptors (Lipinski definition) is 8. The molecule has 0 N–H and O–H groups in total. The standard InChI is InChI=1S/C41H62O8S/c1-27(2)28(3)37(4)19-20-39(6)30-15-16-33-38(5)25-46-26-41(33,23-32(45-8)35(38)47-21-22-49-50(9,43)44)31(30)17-18-40(39,7)34(37)36(42)48-24-29-13-11-10-12-14-29/h10-14,17,27-28,30,32-35H,15-16,18-26H2,1-9H3/t28-,30+,32-,33+,34-,35+,37-,38?,39-,40+,41+/m1/s1. The Morgan fingerprint density at radius 1 is 0.980 bits per heavy atom. The zero-order valence-electron chi connectivity index (χ0n) is 32.0. The molecule has 4 aliphatic carbocycles. The molecule has 6 rings (SSSR count). The first kappa shape index (κ1) is 38.0. The molecule has 5 aliphatic rings. The molecule has 1 aliphatic heterocycles.